The third-order valence-corrected chi connectivity index (χ3v) is 6.25. The largest absolute Gasteiger partial charge is 0.345 e. The van der Waals surface area contributed by atoms with E-state index in [4.69, 9.17) is 11.6 Å². The number of carbonyl (C=O) groups excluding carboxylic acids is 1. The second-order valence-corrected chi connectivity index (χ2v) is 8.03. The minimum atomic E-state index is -0.0201. The Morgan fingerprint density at radius 3 is 2.44 bits per heavy atom. The second kappa shape index (κ2) is 7.50. The van der Waals surface area contributed by atoms with Gasteiger partial charge in [0.25, 0.3) is 5.91 Å². The Hall–Kier alpha value is -2.08. The topological polar surface area (TPSA) is 60.1 Å². The van der Waals surface area contributed by atoms with Gasteiger partial charge in [-0.15, -0.1) is 0 Å². The number of hydrogen-bond donors (Lipinski definition) is 0. The van der Waals surface area contributed by atoms with Gasteiger partial charge in [0.2, 0.25) is 0 Å². The number of aryl methyl sites for hydroxylation is 1. The van der Waals surface area contributed by atoms with Crippen molar-refractivity contribution < 1.29 is 4.79 Å². The van der Waals surface area contributed by atoms with Crippen LogP contribution in [0.5, 0.6) is 0 Å². The second-order valence-electron chi connectivity index (χ2n) is 7.62. The number of hydrogen-bond acceptors (Lipinski definition) is 3. The predicted octanol–water partition coefficient (Wildman–Crippen LogP) is 3.37. The quantitative estimate of drug-likeness (QED) is 0.809. The summed E-state index contributed by atoms with van der Waals surface area (Å²) in [5.41, 5.74) is 0.546. The van der Waals surface area contributed by atoms with E-state index >= 15 is 0 Å². The van der Waals surface area contributed by atoms with Crippen LogP contribution in [0.3, 0.4) is 0 Å². The monoisotopic (exact) mass is 388 g/mol. The highest BCUT2D eigenvalue weighted by Gasteiger charge is 2.31. The van der Waals surface area contributed by atoms with Gasteiger partial charge in [-0.3, -0.25) is 9.36 Å². The average molecular weight is 389 g/mol. The molecular formula is C20H25ClN4O2. The molecule has 1 aromatic heterocycles. The van der Waals surface area contributed by atoms with Gasteiger partial charge in [-0.1, -0.05) is 36.6 Å². The van der Waals surface area contributed by atoms with Crippen LogP contribution in [0.2, 0.25) is 5.02 Å². The van der Waals surface area contributed by atoms with Crippen LogP contribution in [-0.2, 0) is 7.05 Å². The van der Waals surface area contributed by atoms with Crippen molar-refractivity contribution in [1.29, 1.82) is 0 Å². The first-order chi connectivity index (χ1) is 13.1. The van der Waals surface area contributed by atoms with Crippen LogP contribution in [-0.4, -0.2) is 38.2 Å². The number of piperidine rings is 1. The summed E-state index contributed by atoms with van der Waals surface area (Å²) in [6.07, 6.45) is 6.11. The van der Waals surface area contributed by atoms with E-state index in [1.165, 1.54) is 17.5 Å². The molecule has 1 saturated heterocycles. The third-order valence-electron chi connectivity index (χ3n) is 5.92. The lowest BCUT2D eigenvalue weighted by Gasteiger charge is -2.32. The third kappa shape index (κ3) is 3.43. The van der Waals surface area contributed by atoms with E-state index in [0.29, 0.717) is 23.7 Å². The molecule has 2 fully saturated rings. The van der Waals surface area contributed by atoms with E-state index in [1.54, 1.807) is 19.2 Å². The van der Waals surface area contributed by atoms with Crippen LogP contribution in [0.15, 0.2) is 29.1 Å². The van der Waals surface area contributed by atoms with Crippen molar-refractivity contribution in [2.45, 2.75) is 50.5 Å². The first kappa shape index (κ1) is 18.3. The molecule has 1 saturated carbocycles. The van der Waals surface area contributed by atoms with Crippen LogP contribution < -0.4 is 5.69 Å². The van der Waals surface area contributed by atoms with Crippen LogP contribution in [0.1, 0.15) is 66.7 Å². The van der Waals surface area contributed by atoms with E-state index in [0.717, 1.165) is 31.5 Å². The summed E-state index contributed by atoms with van der Waals surface area (Å²) in [5, 5.41) is 5.05. The van der Waals surface area contributed by atoms with Gasteiger partial charge in [-0.2, -0.15) is 5.10 Å². The Balaban J connectivity index is 1.50. The van der Waals surface area contributed by atoms with E-state index < -0.39 is 0 Å². The number of benzene rings is 1. The van der Waals surface area contributed by atoms with Crippen LogP contribution in [0, 0.1) is 0 Å². The number of likely N-dealkylation sites (tertiary alicyclic amines) is 1. The first-order valence-electron chi connectivity index (χ1n) is 9.75. The van der Waals surface area contributed by atoms with Gasteiger partial charge < -0.3 is 4.90 Å². The summed E-state index contributed by atoms with van der Waals surface area (Å²) in [6.45, 7) is 1.31. The highest BCUT2D eigenvalue weighted by atomic mass is 35.5. The predicted molar refractivity (Wildman–Crippen MR) is 104 cm³/mol. The molecule has 2 heterocycles. The van der Waals surface area contributed by atoms with Crippen LogP contribution in [0.25, 0.3) is 0 Å². The summed E-state index contributed by atoms with van der Waals surface area (Å²) in [6, 6.07) is 7.46. The molecule has 4 rings (SSSR count). The van der Waals surface area contributed by atoms with Gasteiger partial charge in [0.1, 0.15) is 5.82 Å². The SMILES string of the molecule is Cn1nc(C2CCN(C(=O)c3ccccc3Cl)CC2)n(C2CCCC2)c1=O. The molecule has 0 spiro atoms. The fourth-order valence-electron chi connectivity index (χ4n) is 4.43. The molecule has 1 aliphatic heterocycles. The van der Waals surface area contributed by atoms with Crippen molar-refractivity contribution in [3.8, 4) is 0 Å². The van der Waals surface area contributed by atoms with Crippen molar-refractivity contribution in [1.82, 2.24) is 19.2 Å². The maximum atomic E-state index is 12.8. The van der Waals surface area contributed by atoms with Crippen molar-refractivity contribution in [2.75, 3.05) is 13.1 Å². The van der Waals surface area contributed by atoms with Crippen LogP contribution >= 0.6 is 11.6 Å². The molecule has 2 aromatic rings. The van der Waals surface area contributed by atoms with Gasteiger partial charge in [0, 0.05) is 32.1 Å². The maximum Gasteiger partial charge on any atom is 0.345 e. The number of rotatable bonds is 3. The number of amides is 1. The van der Waals surface area contributed by atoms with Crippen molar-refractivity contribution in [2.24, 2.45) is 7.05 Å². The van der Waals surface area contributed by atoms with Gasteiger partial charge in [0.15, 0.2) is 0 Å². The Morgan fingerprint density at radius 2 is 1.78 bits per heavy atom. The minimum absolute atomic E-state index is 0.00790. The highest BCUT2D eigenvalue weighted by molar-refractivity contribution is 6.33. The fraction of sp³-hybridized carbons (Fsp3) is 0.550. The highest BCUT2D eigenvalue weighted by Crippen LogP contribution is 2.34. The number of aromatic nitrogens is 3. The summed E-state index contributed by atoms with van der Waals surface area (Å²) in [7, 11) is 1.73. The summed E-state index contributed by atoms with van der Waals surface area (Å²) in [4.78, 5) is 27.2. The Labute approximate surface area is 163 Å². The Morgan fingerprint density at radius 1 is 1.11 bits per heavy atom. The summed E-state index contributed by atoms with van der Waals surface area (Å²) >= 11 is 6.18. The normalized spacial score (nSPS) is 19.0. The molecule has 6 nitrogen and oxygen atoms in total. The smallest absolute Gasteiger partial charge is 0.339 e. The zero-order valence-electron chi connectivity index (χ0n) is 15.6. The molecule has 1 aliphatic carbocycles. The molecule has 0 atom stereocenters. The van der Waals surface area contributed by atoms with E-state index in [9.17, 15) is 9.59 Å². The molecule has 2 aliphatic rings. The fourth-order valence-corrected chi connectivity index (χ4v) is 4.64. The summed E-state index contributed by atoms with van der Waals surface area (Å²) in [5.74, 6) is 1.10. The standard InChI is InChI=1S/C20H25ClN4O2/c1-23-20(27)25(15-6-2-3-7-15)18(22-23)14-10-12-24(13-11-14)19(26)16-8-4-5-9-17(16)21/h4-5,8-9,14-15H,2-3,6-7,10-13H2,1H3. The van der Waals surface area contributed by atoms with E-state index in [-0.39, 0.29) is 23.6 Å². The zero-order chi connectivity index (χ0) is 19.0. The van der Waals surface area contributed by atoms with Gasteiger partial charge in [-0.05, 0) is 37.8 Å². The molecule has 0 bridgehead atoms. The number of carbonyl (C=O) groups is 1. The lowest BCUT2D eigenvalue weighted by molar-refractivity contribution is 0.0710. The lowest BCUT2D eigenvalue weighted by atomic mass is 9.95. The van der Waals surface area contributed by atoms with E-state index in [1.807, 2.05) is 21.6 Å². The summed E-state index contributed by atoms with van der Waals surface area (Å²) < 4.78 is 3.40. The first-order valence-corrected chi connectivity index (χ1v) is 10.1. The number of halogens is 1. The van der Waals surface area contributed by atoms with E-state index in [2.05, 4.69) is 5.10 Å². The lowest BCUT2D eigenvalue weighted by Crippen LogP contribution is -2.39. The van der Waals surface area contributed by atoms with Gasteiger partial charge >= 0.3 is 5.69 Å². The maximum absolute atomic E-state index is 12.8. The molecule has 0 N–H and O–H groups in total. The zero-order valence-corrected chi connectivity index (χ0v) is 16.4. The molecule has 1 aromatic carbocycles. The molecule has 144 valence electrons. The van der Waals surface area contributed by atoms with Crippen LogP contribution in [0.4, 0.5) is 0 Å². The van der Waals surface area contributed by atoms with Crippen molar-refractivity contribution in [3.05, 3.63) is 51.2 Å². The Bertz CT molecular complexity index is 890. The molecular weight excluding hydrogens is 364 g/mol. The van der Waals surface area contributed by atoms with Crippen molar-refractivity contribution in [3.63, 3.8) is 0 Å². The molecule has 1 amide bonds. The average Bonchev–Trinajstić information content (AvgIpc) is 3.30. The molecule has 7 heteroatoms. The molecule has 0 radical (unpaired) electrons. The van der Waals surface area contributed by atoms with Crippen molar-refractivity contribution >= 4 is 17.5 Å². The van der Waals surface area contributed by atoms with Gasteiger partial charge in [0.05, 0.1) is 10.6 Å². The Kier molecular flexibility index (Phi) is 5.08. The molecule has 0 unspecified atom stereocenters. The number of nitrogens with zero attached hydrogens (tertiary/aromatic N) is 4. The minimum Gasteiger partial charge on any atom is -0.339 e. The van der Waals surface area contributed by atoms with Gasteiger partial charge in [-0.25, -0.2) is 9.48 Å². The molecule has 27 heavy (non-hydrogen) atoms.